The molecule has 84 valence electrons. The molecule has 0 fully saturated rings. The van der Waals surface area contributed by atoms with Crippen molar-refractivity contribution in [2.75, 3.05) is 25.3 Å². The first-order chi connectivity index (χ1) is 6.86. The topological polar surface area (TPSA) is 50.3 Å². The first-order valence-corrected chi connectivity index (χ1v) is 6.61. The average Bonchev–Trinajstić information content (AvgIpc) is 2.15. The van der Waals surface area contributed by atoms with E-state index in [1.807, 2.05) is 6.92 Å². The Balaban J connectivity index is 3.43. The van der Waals surface area contributed by atoms with Gasteiger partial charge in [-0.05, 0) is 18.1 Å². The lowest BCUT2D eigenvalue weighted by Gasteiger charge is -2.15. The third kappa shape index (κ3) is 2.68. The van der Waals surface area contributed by atoms with Gasteiger partial charge in [-0.15, -0.1) is 0 Å². The normalized spacial score (nSPS) is 11.5. The van der Waals surface area contributed by atoms with Crippen molar-refractivity contribution in [1.82, 2.24) is 4.98 Å². The van der Waals surface area contributed by atoms with E-state index < -0.39 is 9.84 Å². The van der Waals surface area contributed by atoms with Crippen molar-refractivity contribution in [3.05, 3.63) is 17.8 Å². The van der Waals surface area contributed by atoms with E-state index in [0.29, 0.717) is 10.7 Å². The summed E-state index contributed by atoms with van der Waals surface area (Å²) in [4.78, 5) is 6.16. The van der Waals surface area contributed by atoms with Crippen LogP contribution in [-0.4, -0.2) is 33.8 Å². The standard InChI is InChI=1S/C10H16N2O2S/c1-5-8-6-9(15(4,13)14)10(11-7-8)12(2)3/h6-7H,5H2,1-4H3. The second-order valence-corrected chi connectivity index (χ2v) is 5.67. The highest BCUT2D eigenvalue weighted by Gasteiger charge is 2.16. The Morgan fingerprint density at radius 2 is 2.00 bits per heavy atom. The SMILES string of the molecule is CCc1cnc(N(C)C)c(S(C)(=O)=O)c1. The third-order valence-corrected chi connectivity index (χ3v) is 3.22. The average molecular weight is 228 g/mol. The predicted octanol–water partition coefficient (Wildman–Crippen LogP) is 1.11. The van der Waals surface area contributed by atoms with Crippen LogP contribution in [0.3, 0.4) is 0 Å². The summed E-state index contributed by atoms with van der Waals surface area (Å²) in [5.74, 6) is 0.495. The molecule has 0 saturated carbocycles. The number of rotatable bonds is 3. The van der Waals surface area contributed by atoms with Crippen LogP contribution in [0, 0.1) is 0 Å². The molecule has 0 N–H and O–H groups in total. The highest BCUT2D eigenvalue weighted by atomic mass is 32.2. The van der Waals surface area contributed by atoms with Crippen molar-refractivity contribution in [3.8, 4) is 0 Å². The molecule has 0 spiro atoms. The highest BCUT2D eigenvalue weighted by molar-refractivity contribution is 7.90. The molecular formula is C10H16N2O2S. The molecule has 1 rings (SSSR count). The third-order valence-electron chi connectivity index (χ3n) is 2.12. The van der Waals surface area contributed by atoms with Crippen molar-refractivity contribution >= 4 is 15.7 Å². The van der Waals surface area contributed by atoms with Gasteiger partial charge in [-0.3, -0.25) is 0 Å². The van der Waals surface area contributed by atoms with Crippen molar-refractivity contribution in [2.45, 2.75) is 18.2 Å². The molecule has 0 aliphatic rings. The van der Waals surface area contributed by atoms with E-state index in [1.165, 1.54) is 6.26 Å². The molecule has 0 aliphatic heterocycles. The van der Waals surface area contributed by atoms with Crippen LogP contribution in [0.4, 0.5) is 5.82 Å². The zero-order valence-electron chi connectivity index (χ0n) is 9.48. The van der Waals surface area contributed by atoms with Crippen molar-refractivity contribution < 1.29 is 8.42 Å². The fraction of sp³-hybridized carbons (Fsp3) is 0.500. The van der Waals surface area contributed by atoms with Crippen LogP contribution in [0.2, 0.25) is 0 Å². The molecule has 5 heteroatoms. The van der Waals surface area contributed by atoms with Crippen LogP contribution in [0.15, 0.2) is 17.2 Å². The van der Waals surface area contributed by atoms with Crippen LogP contribution in [-0.2, 0) is 16.3 Å². The lowest BCUT2D eigenvalue weighted by Crippen LogP contribution is -2.15. The number of hydrogen-bond donors (Lipinski definition) is 0. The van der Waals surface area contributed by atoms with Gasteiger partial charge in [0.25, 0.3) is 0 Å². The van der Waals surface area contributed by atoms with E-state index in [0.717, 1.165) is 12.0 Å². The zero-order valence-corrected chi connectivity index (χ0v) is 10.3. The van der Waals surface area contributed by atoms with Gasteiger partial charge in [-0.1, -0.05) is 6.92 Å². The number of aromatic nitrogens is 1. The second-order valence-electron chi connectivity index (χ2n) is 3.69. The number of anilines is 1. The molecular weight excluding hydrogens is 212 g/mol. The van der Waals surface area contributed by atoms with E-state index in [2.05, 4.69) is 4.98 Å². The van der Waals surface area contributed by atoms with E-state index in [4.69, 9.17) is 0 Å². The zero-order chi connectivity index (χ0) is 11.6. The summed E-state index contributed by atoms with van der Waals surface area (Å²) in [5.41, 5.74) is 0.932. The predicted molar refractivity (Wildman–Crippen MR) is 61.1 cm³/mol. The van der Waals surface area contributed by atoms with Gasteiger partial charge in [0.15, 0.2) is 9.84 Å². The maximum atomic E-state index is 11.6. The van der Waals surface area contributed by atoms with Crippen LogP contribution in [0.25, 0.3) is 0 Å². The lowest BCUT2D eigenvalue weighted by atomic mass is 10.2. The van der Waals surface area contributed by atoms with E-state index in [9.17, 15) is 8.42 Å². The second kappa shape index (κ2) is 4.18. The lowest BCUT2D eigenvalue weighted by molar-refractivity contribution is 0.601. The Morgan fingerprint density at radius 3 is 2.40 bits per heavy atom. The van der Waals surface area contributed by atoms with Gasteiger partial charge in [-0.25, -0.2) is 13.4 Å². The molecule has 0 bridgehead atoms. The molecule has 4 nitrogen and oxygen atoms in total. The maximum Gasteiger partial charge on any atom is 0.179 e. The molecule has 0 aliphatic carbocycles. The van der Waals surface area contributed by atoms with Gasteiger partial charge in [-0.2, -0.15) is 0 Å². The molecule has 15 heavy (non-hydrogen) atoms. The van der Waals surface area contributed by atoms with Gasteiger partial charge < -0.3 is 4.90 Å². The van der Waals surface area contributed by atoms with Gasteiger partial charge in [0, 0.05) is 26.5 Å². The summed E-state index contributed by atoms with van der Waals surface area (Å²) in [6, 6.07) is 1.69. The first kappa shape index (κ1) is 12.0. The Morgan fingerprint density at radius 1 is 1.40 bits per heavy atom. The van der Waals surface area contributed by atoms with Crippen LogP contribution < -0.4 is 4.90 Å². The monoisotopic (exact) mass is 228 g/mol. The van der Waals surface area contributed by atoms with E-state index in [1.54, 1.807) is 31.3 Å². The maximum absolute atomic E-state index is 11.6. The van der Waals surface area contributed by atoms with E-state index in [-0.39, 0.29) is 0 Å². The molecule has 0 atom stereocenters. The van der Waals surface area contributed by atoms with Crippen LogP contribution in [0.5, 0.6) is 0 Å². The molecule has 0 unspecified atom stereocenters. The molecule has 1 aromatic rings. The smallest absolute Gasteiger partial charge is 0.179 e. The number of hydrogen-bond acceptors (Lipinski definition) is 4. The minimum atomic E-state index is -3.22. The Bertz CT molecular complexity index is 452. The minimum absolute atomic E-state index is 0.298. The molecule has 0 amide bonds. The first-order valence-electron chi connectivity index (χ1n) is 4.72. The minimum Gasteiger partial charge on any atom is -0.362 e. The summed E-state index contributed by atoms with van der Waals surface area (Å²) in [5, 5.41) is 0. The molecule has 0 saturated heterocycles. The summed E-state index contributed by atoms with van der Waals surface area (Å²) in [6.07, 6.45) is 3.70. The number of pyridine rings is 1. The van der Waals surface area contributed by atoms with Gasteiger partial charge in [0.2, 0.25) is 0 Å². The fourth-order valence-electron chi connectivity index (χ4n) is 1.28. The molecule has 1 aromatic heterocycles. The van der Waals surface area contributed by atoms with Gasteiger partial charge >= 0.3 is 0 Å². The Hall–Kier alpha value is -1.10. The van der Waals surface area contributed by atoms with Gasteiger partial charge in [0.1, 0.15) is 10.7 Å². The highest BCUT2D eigenvalue weighted by Crippen LogP contribution is 2.22. The summed E-state index contributed by atoms with van der Waals surface area (Å²) in [7, 11) is 0.346. The summed E-state index contributed by atoms with van der Waals surface area (Å²) >= 11 is 0. The van der Waals surface area contributed by atoms with Crippen molar-refractivity contribution in [1.29, 1.82) is 0 Å². The number of aryl methyl sites for hydroxylation is 1. The largest absolute Gasteiger partial charge is 0.362 e. The summed E-state index contributed by atoms with van der Waals surface area (Å²) < 4.78 is 23.1. The van der Waals surface area contributed by atoms with Gasteiger partial charge in [0.05, 0.1) is 0 Å². The molecule has 1 heterocycles. The van der Waals surface area contributed by atoms with E-state index >= 15 is 0 Å². The Kier molecular flexibility index (Phi) is 3.34. The van der Waals surface area contributed by atoms with Crippen LogP contribution >= 0.6 is 0 Å². The molecule has 0 aromatic carbocycles. The molecule has 0 radical (unpaired) electrons. The van der Waals surface area contributed by atoms with Crippen molar-refractivity contribution in [2.24, 2.45) is 0 Å². The number of nitrogens with zero attached hydrogens (tertiary/aromatic N) is 2. The van der Waals surface area contributed by atoms with Crippen molar-refractivity contribution in [3.63, 3.8) is 0 Å². The fourth-order valence-corrected chi connectivity index (χ4v) is 2.21. The number of sulfone groups is 1. The Labute approximate surface area is 90.9 Å². The quantitative estimate of drug-likeness (QED) is 0.777. The summed E-state index contributed by atoms with van der Waals surface area (Å²) in [6.45, 7) is 1.97. The van der Waals surface area contributed by atoms with Crippen LogP contribution in [0.1, 0.15) is 12.5 Å².